The van der Waals surface area contributed by atoms with Gasteiger partial charge >= 0.3 is 0 Å². The predicted octanol–water partition coefficient (Wildman–Crippen LogP) is 4.73. The number of aromatic nitrogens is 1. The van der Waals surface area contributed by atoms with E-state index < -0.39 is 0 Å². The fourth-order valence-corrected chi connectivity index (χ4v) is 3.40. The Kier molecular flexibility index (Phi) is 5.20. The molecule has 112 valence electrons. The summed E-state index contributed by atoms with van der Waals surface area (Å²) in [6, 6.07) is 7.19. The van der Waals surface area contributed by atoms with E-state index in [0.717, 1.165) is 11.6 Å². The van der Waals surface area contributed by atoms with Gasteiger partial charge in [-0.25, -0.2) is 0 Å². The Bertz CT molecular complexity index is 391. The van der Waals surface area contributed by atoms with Crippen molar-refractivity contribution in [2.45, 2.75) is 71.9 Å². The number of hydrogen-bond acceptors (Lipinski definition) is 2. The summed E-state index contributed by atoms with van der Waals surface area (Å²) < 4.78 is 0. The first-order valence-electron chi connectivity index (χ1n) is 8.20. The van der Waals surface area contributed by atoms with Crippen LogP contribution in [-0.4, -0.2) is 11.0 Å². The summed E-state index contributed by atoms with van der Waals surface area (Å²) in [6.07, 6.45) is 8.53. The van der Waals surface area contributed by atoms with Crippen LogP contribution in [-0.2, 0) is 0 Å². The molecule has 0 aliphatic heterocycles. The number of nitrogens with one attached hydrogen (secondary N) is 1. The normalized spacial score (nSPS) is 25.4. The van der Waals surface area contributed by atoms with Crippen LogP contribution in [0.25, 0.3) is 0 Å². The number of rotatable bonds is 5. The van der Waals surface area contributed by atoms with Gasteiger partial charge in [0.2, 0.25) is 0 Å². The molecule has 0 spiro atoms. The van der Waals surface area contributed by atoms with Crippen molar-refractivity contribution >= 4 is 0 Å². The number of nitrogens with zero attached hydrogens (tertiary/aromatic N) is 1. The van der Waals surface area contributed by atoms with Crippen molar-refractivity contribution < 1.29 is 0 Å². The maximum atomic E-state index is 4.45. The monoisotopic (exact) mass is 274 g/mol. The highest BCUT2D eigenvalue weighted by molar-refractivity contribution is 5.08. The molecule has 20 heavy (non-hydrogen) atoms. The maximum absolute atomic E-state index is 4.45. The summed E-state index contributed by atoms with van der Waals surface area (Å²) in [6.45, 7) is 9.42. The van der Waals surface area contributed by atoms with Crippen LogP contribution in [0.3, 0.4) is 0 Å². The SMILES string of the molecule is CCC(C)(C)C1CCC(N[C@@H](C)c2ccccn2)CC1. The molecule has 1 atom stereocenters. The van der Waals surface area contributed by atoms with Gasteiger partial charge in [-0.05, 0) is 56.1 Å². The summed E-state index contributed by atoms with van der Waals surface area (Å²) in [5.41, 5.74) is 1.67. The molecule has 1 fully saturated rings. The third-order valence-corrected chi connectivity index (χ3v) is 5.36. The second kappa shape index (κ2) is 6.71. The fraction of sp³-hybridized carbons (Fsp3) is 0.722. The first-order valence-corrected chi connectivity index (χ1v) is 8.20. The van der Waals surface area contributed by atoms with Gasteiger partial charge in [-0.1, -0.05) is 33.3 Å². The quantitative estimate of drug-likeness (QED) is 0.840. The molecule has 0 saturated heterocycles. The lowest BCUT2D eigenvalue weighted by Crippen LogP contribution is -2.38. The topological polar surface area (TPSA) is 24.9 Å². The van der Waals surface area contributed by atoms with Gasteiger partial charge in [-0.3, -0.25) is 4.98 Å². The molecule has 0 bridgehead atoms. The van der Waals surface area contributed by atoms with Crippen LogP contribution in [0.5, 0.6) is 0 Å². The van der Waals surface area contributed by atoms with Gasteiger partial charge in [-0.15, -0.1) is 0 Å². The first-order chi connectivity index (χ1) is 9.53. The Labute approximate surface area is 124 Å². The van der Waals surface area contributed by atoms with Crippen LogP contribution in [0.15, 0.2) is 24.4 Å². The van der Waals surface area contributed by atoms with Crippen molar-refractivity contribution in [2.75, 3.05) is 0 Å². The predicted molar refractivity (Wildman–Crippen MR) is 85.6 cm³/mol. The van der Waals surface area contributed by atoms with E-state index in [4.69, 9.17) is 0 Å². The second-order valence-electron chi connectivity index (χ2n) is 7.03. The average molecular weight is 274 g/mol. The highest BCUT2D eigenvalue weighted by Crippen LogP contribution is 2.40. The number of hydrogen-bond donors (Lipinski definition) is 1. The smallest absolute Gasteiger partial charge is 0.0570 e. The third-order valence-electron chi connectivity index (χ3n) is 5.36. The van der Waals surface area contributed by atoms with Crippen LogP contribution in [0.2, 0.25) is 0 Å². The molecule has 1 saturated carbocycles. The van der Waals surface area contributed by atoms with E-state index in [1.807, 2.05) is 12.3 Å². The van der Waals surface area contributed by atoms with Crippen molar-refractivity contribution in [3.05, 3.63) is 30.1 Å². The molecule has 0 aromatic carbocycles. The van der Waals surface area contributed by atoms with Crippen molar-refractivity contribution in [1.82, 2.24) is 10.3 Å². The molecule has 2 nitrogen and oxygen atoms in total. The van der Waals surface area contributed by atoms with Gasteiger partial charge in [0, 0.05) is 18.3 Å². The zero-order valence-electron chi connectivity index (χ0n) is 13.5. The summed E-state index contributed by atoms with van der Waals surface area (Å²) in [7, 11) is 0. The lowest BCUT2D eigenvalue weighted by Gasteiger charge is -2.39. The van der Waals surface area contributed by atoms with E-state index in [-0.39, 0.29) is 0 Å². The summed E-state index contributed by atoms with van der Waals surface area (Å²) >= 11 is 0. The van der Waals surface area contributed by atoms with Crippen molar-refractivity contribution in [3.8, 4) is 0 Å². The largest absolute Gasteiger partial charge is 0.306 e. The lowest BCUT2D eigenvalue weighted by molar-refractivity contribution is 0.134. The first kappa shape index (κ1) is 15.5. The highest BCUT2D eigenvalue weighted by atomic mass is 15.0. The zero-order chi connectivity index (χ0) is 14.6. The van der Waals surface area contributed by atoms with Crippen LogP contribution in [0, 0.1) is 11.3 Å². The summed E-state index contributed by atoms with van der Waals surface area (Å²) in [4.78, 5) is 4.45. The Morgan fingerprint density at radius 3 is 2.50 bits per heavy atom. The Hall–Kier alpha value is -0.890. The Morgan fingerprint density at radius 2 is 1.95 bits per heavy atom. The minimum absolute atomic E-state index is 0.358. The van der Waals surface area contributed by atoms with E-state index in [2.05, 4.69) is 50.1 Å². The van der Waals surface area contributed by atoms with E-state index in [9.17, 15) is 0 Å². The van der Waals surface area contributed by atoms with E-state index in [1.54, 1.807) is 0 Å². The standard InChI is InChI=1S/C18H30N2/c1-5-18(3,4)15-9-11-16(12-10-15)20-14(2)17-8-6-7-13-19-17/h6-8,13-16,20H,5,9-12H2,1-4H3/t14-,15?,16?/m0/s1. The van der Waals surface area contributed by atoms with Crippen LogP contribution >= 0.6 is 0 Å². The number of pyridine rings is 1. The fourth-order valence-electron chi connectivity index (χ4n) is 3.40. The van der Waals surface area contributed by atoms with Crippen molar-refractivity contribution in [2.24, 2.45) is 11.3 Å². The molecule has 0 radical (unpaired) electrons. The van der Waals surface area contributed by atoms with Gasteiger partial charge < -0.3 is 5.32 Å². The van der Waals surface area contributed by atoms with E-state index in [0.29, 0.717) is 17.5 Å². The third kappa shape index (κ3) is 3.82. The van der Waals surface area contributed by atoms with Gasteiger partial charge in [0.1, 0.15) is 0 Å². The molecule has 1 aromatic rings. The van der Waals surface area contributed by atoms with E-state index >= 15 is 0 Å². The zero-order valence-corrected chi connectivity index (χ0v) is 13.5. The second-order valence-corrected chi connectivity index (χ2v) is 7.03. The molecule has 1 aliphatic rings. The average Bonchev–Trinajstić information content (AvgIpc) is 2.48. The molecular weight excluding hydrogens is 244 g/mol. The minimum Gasteiger partial charge on any atom is -0.306 e. The molecule has 0 unspecified atom stereocenters. The van der Waals surface area contributed by atoms with Crippen LogP contribution < -0.4 is 5.32 Å². The van der Waals surface area contributed by atoms with Crippen molar-refractivity contribution in [3.63, 3.8) is 0 Å². The van der Waals surface area contributed by atoms with Gasteiger partial charge in [0.25, 0.3) is 0 Å². The molecular formula is C18H30N2. The molecule has 1 aromatic heterocycles. The Morgan fingerprint density at radius 1 is 1.25 bits per heavy atom. The highest BCUT2D eigenvalue weighted by Gasteiger charge is 2.32. The molecule has 0 amide bonds. The maximum Gasteiger partial charge on any atom is 0.0570 e. The van der Waals surface area contributed by atoms with Crippen LogP contribution in [0.4, 0.5) is 0 Å². The van der Waals surface area contributed by atoms with Crippen molar-refractivity contribution in [1.29, 1.82) is 0 Å². The lowest BCUT2D eigenvalue weighted by atomic mass is 9.69. The molecule has 2 heteroatoms. The van der Waals surface area contributed by atoms with Gasteiger partial charge in [0.05, 0.1) is 5.69 Å². The minimum atomic E-state index is 0.358. The van der Waals surface area contributed by atoms with Gasteiger partial charge in [-0.2, -0.15) is 0 Å². The van der Waals surface area contributed by atoms with Crippen LogP contribution in [0.1, 0.15) is 71.5 Å². The Balaban J connectivity index is 1.83. The van der Waals surface area contributed by atoms with E-state index in [1.165, 1.54) is 32.1 Å². The van der Waals surface area contributed by atoms with Gasteiger partial charge in [0.15, 0.2) is 0 Å². The molecule has 1 N–H and O–H groups in total. The molecule has 2 rings (SSSR count). The summed E-state index contributed by atoms with van der Waals surface area (Å²) in [5, 5.41) is 3.76. The summed E-state index contributed by atoms with van der Waals surface area (Å²) in [5.74, 6) is 0.899. The molecule has 1 aliphatic carbocycles. The molecule has 1 heterocycles.